The van der Waals surface area contributed by atoms with Gasteiger partial charge in [-0.25, -0.2) is 4.99 Å². The molecule has 4 rings (SSSR count). The fraction of sp³-hybridized carbons (Fsp3) is 0.200. The number of H-pyrrole nitrogens is 1. The Morgan fingerprint density at radius 2 is 2.08 bits per heavy atom. The Labute approximate surface area is 156 Å². The molecule has 0 radical (unpaired) electrons. The molecule has 6 heteroatoms. The Balaban J connectivity index is 1.92. The van der Waals surface area contributed by atoms with Gasteiger partial charge in [-0.2, -0.15) is 0 Å². The van der Waals surface area contributed by atoms with E-state index in [0.29, 0.717) is 28.6 Å². The van der Waals surface area contributed by atoms with Crippen LogP contribution in [-0.4, -0.2) is 28.1 Å². The number of halogens is 1. The van der Waals surface area contributed by atoms with Crippen LogP contribution in [0.15, 0.2) is 46.5 Å². The molecule has 132 valence electrons. The molecule has 0 unspecified atom stereocenters. The highest BCUT2D eigenvalue weighted by molar-refractivity contribution is 6.58. The van der Waals surface area contributed by atoms with E-state index in [0.717, 1.165) is 34.1 Å². The maximum atomic E-state index is 10.6. The summed E-state index contributed by atoms with van der Waals surface area (Å²) in [7, 11) is 0. The molecule has 1 aromatic heterocycles. The summed E-state index contributed by atoms with van der Waals surface area (Å²) in [6.07, 6.45) is 0.859. The lowest BCUT2D eigenvalue weighted by molar-refractivity contribution is 0.146. The molecule has 0 amide bonds. The van der Waals surface area contributed by atoms with E-state index in [1.54, 1.807) is 0 Å². The van der Waals surface area contributed by atoms with Gasteiger partial charge in [-0.3, -0.25) is 0 Å². The van der Waals surface area contributed by atoms with E-state index < -0.39 is 0 Å². The molecular formula is C20H18ClN3O2. The largest absolute Gasteiger partial charge is 0.494 e. The molecule has 0 atom stereocenters. The maximum absolute atomic E-state index is 10.6. The molecule has 2 N–H and O–H groups in total. The smallest absolute Gasteiger partial charge is 0.199 e. The lowest BCUT2D eigenvalue weighted by Gasteiger charge is -2.05. The lowest BCUT2D eigenvalue weighted by atomic mass is 10.0. The van der Waals surface area contributed by atoms with Crippen molar-refractivity contribution >= 4 is 39.6 Å². The summed E-state index contributed by atoms with van der Waals surface area (Å²) in [6.45, 7) is 4.46. The average molecular weight is 368 g/mol. The van der Waals surface area contributed by atoms with Gasteiger partial charge in [0.2, 0.25) is 0 Å². The van der Waals surface area contributed by atoms with Crippen molar-refractivity contribution in [3.8, 4) is 5.88 Å². The number of nitrogens with zero attached hydrogens (tertiary/aromatic N) is 2. The summed E-state index contributed by atoms with van der Waals surface area (Å²) in [4.78, 5) is 13.1. The van der Waals surface area contributed by atoms with E-state index in [9.17, 15) is 5.11 Å². The zero-order valence-corrected chi connectivity index (χ0v) is 15.3. The van der Waals surface area contributed by atoms with Gasteiger partial charge in [0.05, 0.1) is 11.3 Å². The van der Waals surface area contributed by atoms with Gasteiger partial charge in [-0.1, -0.05) is 41.9 Å². The van der Waals surface area contributed by atoms with Crippen molar-refractivity contribution in [2.75, 3.05) is 6.61 Å². The number of fused-ring (bicyclic) bond motifs is 2. The van der Waals surface area contributed by atoms with Gasteiger partial charge in [0, 0.05) is 21.5 Å². The van der Waals surface area contributed by atoms with Gasteiger partial charge in [-0.05, 0) is 37.1 Å². The first-order valence-electron chi connectivity index (χ1n) is 8.49. The number of aromatic amines is 1. The molecule has 0 saturated heterocycles. The second-order valence-electron chi connectivity index (χ2n) is 6.25. The molecule has 0 aliphatic carbocycles. The number of para-hydroxylation sites is 1. The lowest BCUT2D eigenvalue weighted by Crippen LogP contribution is -2.13. The van der Waals surface area contributed by atoms with Crippen LogP contribution < -0.4 is 0 Å². The van der Waals surface area contributed by atoms with E-state index in [-0.39, 0.29) is 5.88 Å². The van der Waals surface area contributed by atoms with Gasteiger partial charge in [0.1, 0.15) is 18.0 Å². The summed E-state index contributed by atoms with van der Waals surface area (Å²) in [5, 5.41) is 16.3. The molecule has 26 heavy (non-hydrogen) atoms. The van der Waals surface area contributed by atoms with E-state index in [2.05, 4.69) is 10.1 Å². The van der Waals surface area contributed by atoms with Crippen LogP contribution in [0, 0.1) is 6.92 Å². The van der Waals surface area contributed by atoms with Crippen LogP contribution in [0.3, 0.4) is 0 Å². The number of rotatable bonds is 4. The fourth-order valence-corrected chi connectivity index (χ4v) is 3.25. The number of aliphatic imine (C=N–C) groups is 1. The second-order valence-corrected chi connectivity index (χ2v) is 6.65. The highest BCUT2D eigenvalue weighted by Crippen LogP contribution is 2.37. The summed E-state index contributed by atoms with van der Waals surface area (Å²) >= 11 is 6.31. The van der Waals surface area contributed by atoms with Crippen LogP contribution in [0.5, 0.6) is 5.88 Å². The molecule has 2 aromatic carbocycles. The zero-order valence-electron chi connectivity index (χ0n) is 14.5. The van der Waals surface area contributed by atoms with Crippen molar-refractivity contribution in [1.29, 1.82) is 0 Å². The summed E-state index contributed by atoms with van der Waals surface area (Å²) < 4.78 is 0. The molecule has 3 aromatic rings. The minimum Gasteiger partial charge on any atom is -0.494 e. The van der Waals surface area contributed by atoms with Crippen molar-refractivity contribution in [2.24, 2.45) is 10.1 Å². The van der Waals surface area contributed by atoms with Crippen LogP contribution in [0.2, 0.25) is 5.02 Å². The van der Waals surface area contributed by atoms with E-state index in [1.165, 1.54) is 0 Å². The van der Waals surface area contributed by atoms with Crippen LogP contribution >= 0.6 is 11.6 Å². The first kappa shape index (κ1) is 16.7. The number of aryl methyl sites for hydroxylation is 1. The van der Waals surface area contributed by atoms with Crippen molar-refractivity contribution in [2.45, 2.75) is 20.3 Å². The van der Waals surface area contributed by atoms with Crippen molar-refractivity contribution < 1.29 is 9.94 Å². The monoisotopic (exact) mass is 367 g/mol. The first-order chi connectivity index (χ1) is 12.6. The third-order valence-electron chi connectivity index (χ3n) is 4.36. The molecule has 1 aliphatic heterocycles. The molecule has 5 nitrogen and oxygen atoms in total. The molecule has 1 aliphatic rings. The molecule has 0 saturated carbocycles. The summed E-state index contributed by atoms with van der Waals surface area (Å²) in [5.74, 6) is 0.0383. The Morgan fingerprint density at radius 3 is 2.88 bits per heavy atom. The highest BCUT2D eigenvalue weighted by atomic mass is 35.5. The van der Waals surface area contributed by atoms with Crippen LogP contribution in [0.4, 0.5) is 5.69 Å². The zero-order chi connectivity index (χ0) is 18.3. The minimum atomic E-state index is 0.0383. The molecule has 2 heterocycles. The van der Waals surface area contributed by atoms with Crippen molar-refractivity contribution in [3.05, 3.63) is 58.1 Å². The minimum absolute atomic E-state index is 0.0383. The number of hydrogen-bond acceptors (Lipinski definition) is 4. The SMILES string of the molecule is CCCON=C1C(c2c(O)[nH]c3cc(C)c(Cl)cc23)=Nc2ccccc21. The normalized spacial score (nSPS) is 14.7. The van der Waals surface area contributed by atoms with Crippen LogP contribution in [0.1, 0.15) is 30.0 Å². The summed E-state index contributed by atoms with van der Waals surface area (Å²) in [6, 6.07) is 11.5. The first-order valence-corrected chi connectivity index (χ1v) is 8.87. The van der Waals surface area contributed by atoms with Gasteiger partial charge in [-0.15, -0.1) is 0 Å². The number of nitrogens with one attached hydrogen (secondary N) is 1. The Bertz CT molecular complexity index is 1070. The van der Waals surface area contributed by atoms with E-state index in [4.69, 9.17) is 21.4 Å². The molecular weight excluding hydrogens is 350 g/mol. The van der Waals surface area contributed by atoms with Gasteiger partial charge < -0.3 is 14.9 Å². The van der Waals surface area contributed by atoms with Gasteiger partial charge >= 0.3 is 0 Å². The third kappa shape index (κ3) is 2.65. The highest BCUT2D eigenvalue weighted by Gasteiger charge is 2.29. The van der Waals surface area contributed by atoms with Gasteiger partial charge in [0.25, 0.3) is 0 Å². The Morgan fingerprint density at radius 1 is 1.27 bits per heavy atom. The maximum Gasteiger partial charge on any atom is 0.199 e. The topological polar surface area (TPSA) is 70.0 Å². The summed E-state index contributed by atoms with van der Waals surface area (Å²) in [5.41, 5.74) is 5.18. The molecule has 0 bridgehead atoms. The quantitative estimate of drug-likeness (QED) is 0.497. The third-order valence-corrected chi connectivity index (χ3v) is 4.77. The standard InChI is InChI=1S/C20H18ClN3O2/c1-3-8-26-24-18-12-6-4-5-7-15(12)22-19(18)17-13-10-14(21)11(2)9-16(13)23-20(17)25/h4-7,9-10,23,25H,3,8H2,1-2H3. The average Bonchev–Trinajstić information content (AvgIpc) is 3.12. The predicted molar refractivity (Wildman–Crippen MR) is 105 cm³/mol. The predicted octanol–water partition coefficient (Wildman–Crippen LogP) is 5.10. The fourth-order valence-electron chi connectivity index (χ4n) is 3.09. The van der Waals surface area contributed by atoms with Gasteiger partial charge in [0.15, 0.2) is 5.88 Å². The van der Waals surface area contributed by atoms with Crippen LogP contribution in [-0.2, 0) is 4.84 Å². The number of aromatic hydroxyl groups is 1. The van der Waals surface area contributed by atoms with E-state index in [1.807, 2.05) is 50.2 Å². The number of hydrogen-bond donors (Lipinski definition) is 2. The molecule has 0 spiro atoms. The second kappa shape index (κ2) is 6.50. The Kier molecular flexibility index (Phi) is 4.17. The number of oxime groups is 1. The van der Waals surface area contributed by atoms with Crippen molar-refractivity contribution in [3.63, 3.8) is 0 Å². The number of aromatic nitrogens is 1. The van der Waals surface area contributed by atoms with Crippen LogP contribution in [0.25, 0.3) is 10.9 Å². The Hall–Kier alpha value is -2.79. The number of benzene rings is 2. The van der Waals surface area contributed by atoms with Crippen molar-refractivity contribution in [1.82, 2.24) is 4.98 Å². The van der Waals surface area contributed by atoms with E-state index >= 15 is 0 Å². The molecule has 0 fully saturated rings.